The van der Waals surface area contributed by atoms with Gasteiger partial charge in [0.2, 0.25) is 6.23 Å². The maximum Gasteiger partial charge on any atom is 0.413 e. The van der Waals surface area contributed by atoms with E-state index in [1.54, 1.807) is 24.3 Å². The first-order valence-corrected chi connectivity index (χ1v) is 11.7. The number of hydrogen-bond donors (Lipinski definition) is 0. The van der Waals surface area contributed by atoms with Crippen molar-refractivity contribution in [1.29, 1.82) is 0 Å². The summed E-state index contributed by atoms with van der Waals surface area (Å²) in [4.78, 5) is 27.7. The van der Waals surface area contributed by atoms with E-state index in [0.29, 0.717) is 35.2 Å². The molecule has 0 bridgehead atoms. The van der Waals surface area contributed by atoms with Crippen LogP contribution in [0.1, 0.15) is 29.3 Å². The van der Waals surface area contributed by atoms with Crippen molar-refractivity contribution in [2.75, 3.05) is 12.4 Å². The molecule has 0 unspecified atom stereocenters. The van der Waals surface area contributed by atoms with Gasteiger partial charge in [-0.1, -0.05) is 88.7 Å². The molecule has 1 saturated heterocycles. The molecule has 33 heavy (non-hydrogen) atoms. The lowest BCUT2D eigenvalue weighted by molar-refractivity contribution is -0.146. The van der Waals surface area contributed by atoms with Crippen molar-refractivity contribution in [3.05, 3.63) is 102 Å². The third kappa shape index (κ3) is 4.46. The first kappa shape index (κ1) is 22.9. The fraction of sp³-hybridized carbons (Fsp3) is 0.231. The van der Waals surface area contributed by atoms with Gasteiger partial charge in [0.25, 0.3) is 0 Å². The van der Waals surface area contributed by atoms with Crippen LogP contribution in [0.5, 0.6) is 5.75 Å². The largest absolute Gasteiger partial charge is 0.489 e. The summed E-state index contributed by atoms with van der Waals surface area (Å²) >= 11 is 3.45. The number of halogens is 1. The van der Waals surface area contributed by atoms with Gasteiger partial charge in [-0.05, 0) is 29.7 Å². The lowest BCUT2D eigenvalue weighted by atomic mass is 9.86. The number of rotatable bonds is 7. The molecule has 1 amide bonds. The van der Waals surface area contributed by atoms with E-state index in [2.05, 4.69) is 15.9 Å². The van der Waals surface area contributed by atoms with E-state index in [9.17, 15) is 9.59 Å². The Bertz CT molecular complexity index is 1090. The van der Waals surface area contributed by atoms with Gasteiger partial charge in [-0.3, -0.25) is 0 Å². The van der Waals surface area contributed by atoms with E-state index < -0.39 is 23.8 Å². The van der Waals surface area contributed by atoms with Gasteiger partial charge in [0.15, 0.2) is 5.54 Å². The lowest BCUT2D eigenvalue weighted by Gasteiger charge is -2.35. The predicted octanol–water partition coefficient (Wildman–Crippen LogP) is 5.57. The van der Waals surface area contributed by atoms with Crippen LogP contribution in [0, 0.1) is 0 Å². The maximum atomic E-state index is 13.4. The Balaban J connectivity index is 1.68. The highest BCUT2D eigenvalue weighted by atomic mass is 79.9. The van der Waals surface area contributed by atoms with Gasteiger partial charge in [-0.25, -0.2) is 14.5 Å². The second-order valence-corrected chi connectivity index (χ2v) is 8.40. The van der Waals surface area contributed by atoms with E-state index in [-0.39, 0.29) is 0 Å². The summed E-state index contributed by atoms with van der Waals surface area (Å²) in [5.74, 6) is 0.159. The molecular formula is C26H24BrNO5. The minimum Gasteiger partial charge on any atom is -0.489 e. The van der Waals surface area contributed by atoms with E-state index in [0.717, 1.165) is 5.56 Å². The number of ether oxygens (including phenoxy) is 3. The molecule has 0 spiro atoms. The van der Waals surface area contributed by atoms with Crippen LogP contribution in [-0.2, 0) is 26.4 Å². The molecule has 0 aliphatic carbocycles. The number of benzene rings is 3. The molecule has 1 heterocycles. The third-order valence-electron chi connectivity index (χ3n) is 5.69. The summed E-state index contributed by atoms with van der Waals surface area (Å²) in [5.41, 5.74) is 1.03. The standard InChI is InChI=1S/C26H24BrNO5/c1-31-25(30)28-23(20-10-6-3-7-11-20)33-24(29)26(28,16-17-27)21-12-14-22(15-13-21)32-18-19-8-4-2-5-9-19/h2-15,23H,16-18H2,1H3/t23-,26-/m0/s1. The van der Waals surface area contributed by atoms with Crippen molar-refractivity contribution in [3.63, 3.8) is 0 Å². The van der Waals surface area contributed by atoms with Crippen molar-refractivity contribution in [3.8, 4) is 5.75 Å². The summed E-state index contributed by atoms with van der Waals surface area (Å²) in [6.45, 7) is 0.430. The number of hydrogen-bond acceptors (Lipinski definition) is 5. The van der Waals surface area contributed by atoms with Crippen LogP contribution in [0.15, 0.2) is 84.9 Å². The first-order valence-electron chi connectivity index (χ1n) is 10.6. The Labute approximate surface area is 201 Å². The van der Waals surface area contributed by atoms with Gasteiger partial charge in [0.05, 0.1) is 7.11 Å². The average Bonchev–Trinajstić information content (AvgIpc) is 3.16. The van der Waals surface area contributed by atoms with E-state index in [1.807, 2.05) is 60.7 Å². The fourth-order valence-corrected chi connectivity index (χ4v) is 4.64. The van der Waals surface area contributed by atoms with Crippen molar-refractivity contribution in [2.45, 2.75) is 24.8 Å². The molecule has 0 N–H and O–H groups in total. The Hall–Kier alpha value is -3.32. The van der Waals surface area contributed by atoms with E-state index >= 15 is 0 Å². The maximum absolute atomic E-state index is 13.4. The van der Waals surface area contributed by atoms with E-state index in [4.69, 9.17) is 14.2 Å². The van der Waals surface area contributed by atoms with Crippen LogP contribution in [0.4, 0.5) is 4.79 Å². The van der Waals surface area contributed by atoms with E-state index in [1.165, 1.54) is 12.0 Å². The molecule has 4 rings (SSSR count). The summed E-state index contributed by atoms with van der Waals surface area (Å²) in [5, 5.41) is 0.476. The molecule has 3 aromatic rings. The van der Waals surface area contributed by atoms with Crippen LogP contribution in [-0.4, -0.2) is 29.4 Å². The Morgan fingerprint density at radius 2 is 1.64 bits per heavy atom. The third-order valence-corrected chi connectivity index (χ3v) is 6.09. The number of cyclic esters (lactones) is 1. The zero-order valence-corrected chi connectivity index (χ0v) is 19.7. The second-order valence-electron chi connectivity index (χ2n) is 7.61. The number of methoxy groups -OCH3 is 1. The molecule has 170 valence electrons. The molecule has 1 fully saturated rings. The average molecular weight is 510 g/mol. The number of esters is 1. The molecule has 1 aliphatic rings. The lowest BCUT2D eigenvalue weighted by Crippen LogP contribution is -2.49. The van der Waals surface area contributed by atoms with Crippen molar-refractivity contribution in [1.82, 2.24) is 4.90 Å². The van der Waals surface area contributed by atoms with Crippen LogP contribution in [0.25, 0.3) is 0 Å². The summed E-state index contributed by atoms with van der Waals surface area (Å²) in [6.07, 6.45) is -1.21. The fourth-order valence-electron chi connectivity index (χ4n) is 4.06. The summed E-state index contributed by atoms with van der Waals surface area (Å²) < 4.78 is 16.7. The van der Waals surface area contributed by atoms with Gasteiger partial charge < -0.3 is 14.2 Å². The molecule has 0 radical (unpaired) electrons. The highest BCUT2D eigenvalue weighted by molar-refractivity contribution is 9.09. The molecule has 3 aromatic carbocycles. The molecule has 2 atom stereocenters. The van der Waals surface area contributed by atoms with Gasteiger partial charge in [-0.2, -0.15) is 0 Å². The molecular weight excluding hydrogens is 486 g/mol. The van der Waals surface area contributed by atoms with Gasteiger partial charge >= 0.3 is 12.1 Å². The quantitative estimate of drug-likeness (QED) is 0.307. The Kier molecular flexibility index (Phi) is 6.99. The smallest absolute Gasteiger partial charge is 0.413 e. The van der Waals surface area contributed by atoms with Gasteiger partial charge in [0.1, 0.15) is 12.4 Å². The molecule has 6 nitrogen and oxygen atoms in total. The SMILES string of the molecule is COC(=O)N1[C@H](c2ccccc2)OC(=O)[C@]1(CCBr)c1ccc(OCc2ccccc2)cc1. The minimum absolute atomic E-state index is 0.314. The van der Waals surface area contributed by atoms with Crippen LogP contribution < -0.4 is 4.74 Å². The second kappa shape index (κ2) is 10.1. The van der Waals surface area contributed by atoms with Gasteiger partial charge in [0, 0.05) is 10.9 Å². The van der Waals surface area contributed by atoms with Crippen LogP contribution >= 0.6 is 15.9 Å². The van der Waals surface area contributed by atoms with Crippen LogP contribution in [0.3, 0.4) is 0 Å². The number of alkyl halides is 1. The Morgan fingerprint density at radius 1 is 1.00 bits per heavy atom. The Morgan fingerprint density at radius 3 is 2.24 bits per heavy atom. The number of nitrogens with zero attached hydrogens (tertiary/aromatic N) is 1. The molecule has 0 saturated carbocycles. The highest BCUT2D eigenvalue weighted by Crippen LogP contribution is 2.47. The first-order chi connectivity index (χ1) is 16.1. The van der Waals surface area contributed by atoms with Crippen molar-refractivity contribution >= 4 is 28.0 Å². The minimum atomic E-state index is -1.34. The monoisotopic (exact) mass is 509 g/mol. The zero-order valence-electron chi connectivity index (χ0n) is 18.1. The molecule has 1 aliphatic heterocycles. The topological polar surface area (TPSA) is 65.1 Å². The van der Waals surface area contributed by atoms with Crippen molar-refractivity contribution < 1.29 is 23.8 Å². The predicted molar refractivity (Wildman–Crippen MR) is 127 cm³/mol. The molecule has 0 aromatic heterocycles. The van der Waals surface area contributed by atoms with Gasteiger partial charge in [-0.15, -0.1) is 0 Å². The summed E-state index contributed by atoms with van der Waals surface area (Å²) in [6, 6.07) is 26.2. The number of amides is 1. The highest BCUT2D eigenvalue weighted by Gasteiger charge is 2.59. The number of carbonyl (C=O) groups excluding carboxylic acids is 2. The summed E-state index contributed by atoms with van der Waals surface area (Å²) in [7, 11) is 1.30. The molecule has 7 heteroatoms. The number of carbonyl (C=O) groups is 2. The zero-order chi connectivity index (χ0) is 23.3. The normalized spacial score (nSPS) is 19.8. The van der Waals surface area contributed by atoms with Crippen molar-refractivity contribution in [2.24, 2.45) is 0 Å². The van der Waals surface area contributed by atoms with Crippen LogP contribution in [0.2, 0.25) is 0 Å².